The fourth-order valence-electron chi connectivity index (χ4n) is 2.26. The van der Waals surface area contributed by atoms with E-state index in [0.717, 1.165) is 23.5 Å². The highest BCUT2D eigenvalue weighted by Gasteiger charge is 2.38. The number of hydrogen-bond acceptors (Lipinski definition) is 4. The first-order valence-corrected chi connectivity index (χ1v) is 12.0. The second kappa shape index (κ2) is 6.69. The van der Waals surface area contributed by atoms with Crippen LogP contribution in [0.4, 0.5) is 0 Å². The molecule has 0 unspecified atom stereocenters. The van der Waals surface area contributed by atoms with Crippen molar-refractivity contribution in [3.8, 4) is 0 Å². The minimum atomic E-state index is -1.68. The van der Waals surface area contributed by atoms with Crippen molar-refractivity contribution >= 4 is 37.4 Å². The van der Waals surface area contributed by atoms with Crippen LogP contribution >= 0.6 is 23.6 Å². The molecule has 0 bridgehead atoms. The summed E-state index contributed by atoms with van der Waals surface area (Å²) in [5.74, 6) is 0. The van der Waals surface area contributed by atoms with Gasteiger partial charge in [0, 0.05) is 24.6 Å². The quantitative estimate of drug-likeness (QED) is 0.613. The van der Waals surface area contributed by atoms with Crippen LogP contribution in [0.2, 0.25) is 18.1 Å². The van der Waals surface area contributed by atoms with Gasteiger partial charge in [0.05, 0.1) is 5.69 Å². The van der Waals surface area contributed by atoms with Crippen LogP contribution in [0.15, 0.2) is 11.5 Å². The van der Waals surface area contributed by atoms with E-state index in [1.165, 1.54) is 11.3 Å². The lowest BCUT2D eigenvalue weighted by molar-refractivity contribution is 0.159. The van der Waals surface area contributed by atoms with Crippen molar-refractivity contribution in [1.82, 2.24) is 9.88 Å². The lowest BCUT2D eigenvalue weighted by Crippen LogP contribution is -2.46. The van der Waals surface area contributed by atoms with Crippen LogP contribution in [0, 0.1) is 3.95 Å². The first kappa shape index (κ1) is 18.1. The zero-order valence-electron chi connectivity index (χ0n) is 14.5. The van der Waals surface area contributed by atoms with Gasteiger partial charge in [-0.15, -0.1) is 11.3 Å². The van der Waals surface area contributed by atoms with Crippen LogP contribution in [0.5, 0.6) is 0 Å². The standard InChI is InChI=1S/C16H28N2OS2Si/c1-16(2,3)22(5,6)19-10-13-9-12(7-8-18(13)4)14-11-21-15(20)17-14/h7,11,13H,8-10H2,1-6H3,(H,17,20)/t13-/m0/s1. The van der Waals surface area contributed by atoms with Gasteiger partial charge in [-0.25, -0.2) is 0 Å². The van der Waals surface area contributed by atoms with Crippen LogP contribution in [0.25, 0.3) is 5.57 Å². The van der Waals surface area contributed by atoms with E-state index in [-0.39, 0.29) is 5.04 Å². The maximum Gasteiger partial charge on any atom is 0.192 e. The summed E-state index contributed by atoms with van der Waals surface area (Å²) in [6, 6.07) is 0.441. The summed E-state index contributed by atoms with van der Waals surface area (Å²) in [5.41, 5.74) is 2.55. The number of rotatable bonds is 4. The van der Waals surface area contributed by atoms with E-state index >= 15 is 0 Å². The molecule has 1 atom stereocenters. The molecule has 1 aliphatic heterocycles. The van der Waals surface area contributed by atoms with E-state index in [4.69, 9.17) is 16.6 Å². The van der Waals surface area contributed by atoms with Gasteiger partial charge in [0.2, 0.25) is 0 Å². The summed E-state index contributed by atoms with van der Waals surface area (Å²) >= 11 is 6.80. The van der Waals surface area contributed by atoms with Crippen LogP contribution in [0.3, 0.4) is 0 Å². The van der Waals surface area contributed by atoms with E-state index in [1.54, 1.807) is 11.3 Å². The van der Waals surface area contributed by atoms with E-state index in [0.29, 0.717) is 6.04 Å². The van der Waals surface area contributed by atoms with Crippen molar-refractivity contribution < 1.29 is 4.43 Å². The summed E-state index contributed by atoms with van der Waals surface area (Å²) in [6.07, 6.45) is 3.32. The molecule has 2 heterocycles. The zero-order chi connectivity index (χ0) is 16.5. The van der Waals surface area contributed by atoms with E-state index in [9.17, 15) is 0 Å². The molecule has 0 saturated heterocycles. The lowest BCUT2D eigenvalue weighted by atomic mass is 9.99. The third-order valence-electron chi connectivity index (χ3n) is 5.01. The monoisotopic (exact) mass is 356 g/mol. The molecule has 0 fully saturated rings. The topological polar surface area (TPSA) is 28.3 Å². The summed E-state index contributed by atoms with van der Waals surface area (Å²) < 4.78 is 7.29. The van der Waals surface area contributed by atoms with Gasteiger partial charge in [-0.1, -0.05) is 26.8 Å². The molecule has 6 heteroatoms. The Morgan fingerprint density at radius 1 is 1.45 bits per heavy atom. The molecular weight excluding hydrogens is 328 g/mol. The van der Waals surface area contributed by atoms with Crippen molar-refractivity contribution in [3.05, 3.63) is 21.1 Å². The van der Waals surface area contributed by atoms with Crippen molar-refractivity contribution in [3.63, 3.8) is 0 Å². The number of H-pyrrole nitrogens is 1. The Kier molecular flexibility index (Phi) is 5.49. The third-order valence-corrected chi connectivity index (χ3v) is 10.6. The normalized spacial score (nSPS) is 21.0. The molecular formula is C16H28N2OS2Si. The fraction of sp³-hybridized carbons (Fsp3) is 0.688. The Balaban J connectivity index is 2.03. The molecule has 0 radical (unpaired) electrons. The van der Waals surface area contributed by atoms with Gasteiger partial charge < -0.3 is 9.41 Å². The van der Waals surface area contributed by atoms with Crippen molar-refractivity contribution in [1.29, 1.82) is 0 Å². The highest BCUT2D eigenvalue weighted by Crippen LogP contribution is 2.37. The highest BCUT2D eigenvalue weighted by atomic mass is 32.1. The van der Waals surface area contributed by atoms with Gasteiger partial charge in [0.25, 0.3) is 0 Å². The van der Waals surface area contributed by atoms with Gasteiger partial charge in [-0.3, -0.25) is 4.90 Å². The lowest BCUT2D eigenvalue weighted by Gasteiger charge is -2.39. The summed E-state index contributed by atoms with van der Waals surface area (Å²) in [6.45, 7) is 13.3. The van der Waals surface area contributed by atoms with Crippen molar-refractivity contribution in [2.75, 3.05) is 20.2 Å². The largest absolute Gasteiger partial charge is 0.415 e. The number of likely N-dealkylation sites (N-methyl/N-ethyl adjacent to an activating group) is 1. The van der Waals surface area contributed by atoms with Gasteiger partial charge in [0.1, 0.15) is 0 Å². The van der Waals surface area contributed by atoms with Gasteiger partial charge in [-0.2, -0.15) is 0 Å². The second-order valence-corrected chi connectivity index (χ2v) is 14.0. The molecule has 124 valence electrons. The Hall–Kier alpha value is -0.273. The first-order chi connectivity index (χ1) is 10.1. The number of aromatic amines is 1. The molecule has 1 aliphatic rings. The molecule has 0 amide bonds. The smallest absolute Gasteiger partial charge is 0.192 e. The predicted molar refractivity (Wildman–Crippen MR) is 102 cm³/mol. The van der Waals surface area contributed by atoms with Crippen molar-refractivity contribution in [2.45, 2.75) is 51.4 Å². The van der Waals surface area contributed by atoms with Crippen LogP contribution in [0.1, 0.15) is 32.9 Å². The summed E-state index contributed by atoms with van der Waals surface area (Å²) in [4.78, 5) is 5.68. The molecule has 2 rings (SSSR count). The van der Waals surface area contributed by atoms with E-state index < -0.39 is 8.32 Å². The minimum Gasteiger partial charge on any atom is -0.415 e. The molecule has 1 aromatic rings. The maximum absolute atomic E-state index is 6.44. The average molecular weight is 357 g/mol. The van der Waals surface area contributed by atoms with E-state index in [2.05, 4.69) is 62.3 Å². The summed E-state index contributed by atoms with van der Waals surface area (Å²) in [7, 11) is 0.499. The zero-order valence-corrected chi connectivity index (χ0v) is 17.2. The van der Waals surface area contributed by atoms with Crippen molar-refractivity contribution in [2.24, 2.45) is 0 Å². The number of thiazole rings is 1. The molecule has 0 spiro atoms. The average Bonchev–Trinajstić information content (AvgIpc) is 2.83. The summed E-state index contributed by atoms with van der Waals surface area (Å²) in [5, 5.41) is 2.39. The number of hydrogen-bond donors (Lipinski definition) is 1. The second-order valence-electron chi connectivity index (χ2n) is 7.66. The van der Waals surface area contributed by atoms with Gasteiger partial charge in [0.15, 0.2) is 12.3 Å². The number of aromatic nitrogens is 1. The molecule has 22 heavy (non-hydrogen) atoms. The molecule has 0 saturated carbocycles. The molecule has 1 N–H and O–H groups in total. The van der Waals surface area contributed by atoms with Gasteiger partial charge in [-0.05, 0) is 49.4 Å². The Labute approximate surface area is 144 Å². The molecule has 0 aromatic carbocycles. The highest BCUT2D eigenvalue weighted by molar-refractivity contribution is 7.73. The third kappa shape index (κ3) is 4.17. The van der Waals surface area contributed by atoms with Gasteiger partial charge >= 0.3 is 0 Å². The number of nitrogens with zero attached hydrogens (tertiary/aromatic N) is 1. The minimum absolute atomic E-state index is 0.261. The Morgan fingerprint density at radius 3 is 2.68 bits per heavy atom. The fourth-order valence-corrected chi connectivity index (χ4v) is 4.16. The predicted octanol–water partition coefficient (Wildman–Crippen LogP) is 4.91. The van der Waals surface area contributed by atoms with Crippen LogP contribution in [-0.2, 0) is 4.43 Å². The molecule has 0 aliphatic carbocycles. The van der Waals surface area contributed by atoms with E-state index in [1.807, 2.05) is 0 Å². The maximum atomic E-state index is 6.44. The van der Waals surface area contributed by atoms with Crippen LogP contribution < -0.4 is 0 Å². The Bertz CT molecular complexity index is 598. The van der Waals surface area contributed by atoms with Crippen LogP contribution in [-0.4, -0.2) is 44.4 Å². The Morgan fingerprint density at radius 2 is 2.14 bits per heavy atom. The number of nitrogens with one attached hydrogen (secondary N) is 1. The molecule has 3 nitrogen and oxygen atoms in total. The molecule has 1 aromatic heterocycles. The first-order valence-electron chi connectivity index (χ1n) is 7.81. The SMILES string of the molecule is CN1CC=C(c2csc(=S)[nH]2)C[C@H]1CO[Si](C)(C)C(C)(C)C.